The van der Waals surface area contributed by atoms with Crippen molar-refractivity contribution in [1.82, 2.24) is 0 Å². The highest BCUT2D eigenvalue weighted by atomic mass is 79.9. The fraction of sp³-hybridized carbons (Fsp3) is 0.412. The Hall–Kier alpha value is -1.000. The molecular weight excluding hydrogens is 344 g/mol. The number of nitrogens with zero attached hydrogens (tertiary/aromatic N) is 1. The standard InChI is InChI=1S/C17H21BrN2S/c1-12-9-15(20-7-3-4-8-20)5-6-16(12)19-13(2)17-10-14(18)11-21-17/h5-6,9-11,13,19H,3-4,7-8H2,1-2H3. The lowest BCUT2D eigenvalue weighted by Crippen LogP contribution is -2.17. The zero-order chi connectivity index (χ0) is 14.8. The lowest BCUT2D eigenvalue weighted by Gasteiger charge is -2.21. The molecule has 1 aliphatic rings. The summed E-state index contributed by atoms with van der Waals surface area (Å²) in [4.78, 5) is 3.83. The Kier molecular flexibility index (Phi) is 4.55. The third kappa shape index (κ3) is 3.43. The second-order valence-electron chi connectivity index (χ2n) is 5.73. The topological polar surface area (TPSA) is 15.3 Å². The van der Waals surface area contributed by atoms with Gasteiger partial charge in [0.1, 0.15) is 0 Å². The predicted octanol–water partition coefficient (Wildman–Crippen LogP) is 5.59. The van der Waals surface area contributed by atoms with Crippen molar-refractivity contribution >= 4 is 38.6 Å². The van der Waals surface area contributed by atoms with E-state index in [1.807, 2.05) is 0 Å². The van der Waals surface area contributed by atoms with E-state index in [2.05, 4.69) is 69.6 Å². The second-order valence-corrected chi connectivity index (χ2v) is 7.59. The summed E-state index contributed by atoms with van der Waals surface area (Å²) in [7, 11) is 0. The van der Waals surface area contributed by atoms with Crippen molar-refractivity contribution in [3.63, 3.8) is 0 Å². The molecule has 1 saturated heterocycles. The minimum Gasteiger partial charge on any atom is -0.377 e. The predicted molar refractivity (Wildman–Crippen MR) is 96.7 cm³/mol. The molecule has 112 valence electrons. The Morgan fingerprint density at radius 1 is 1.24 bits per heavy atom. The molecule has 0 spiro atoms. The van der Waals surface area contributed by atoms with Crippen LogP contribution < -0.4 is 10.2 Å². The molecule has 4 heteroatoms. The molecule has 1 fully saturated rings. The highest BCUT2D eigenvalue weighted by Gasteiger charge is 2.14. The number of halogens is 1. The van der Waals surface area contributed by atoms with E-state index in [0.717, 1.165) is 4.47 Å². The SMILES string of the molecule is Cc1cc(N2CCCC2)ccc1NC(C)c1cc(Br)cs1. The van der Waals surface area contributed by atoms with Crippen LogP contribution in [0.1, 0.15) is 36.2 Å². The molecule has 1 aromatic heterocycles. The van der Waals surface area contributed by atoms with Crippen molar-refractivity contribution < 1.29 is 0 Å². The molecule has 0 radical (unpaired) electrons. The van der Waals surface area contributed by atoms with Gasteiger partial charge in [0, 0.05) is 39.2 Å². The smallest absolute Gasteiger partial charge is 0.0578 e. The number of thiophene rings is 1. The van der Waals surface area contributed by atoms with E-state index in [1.165, 1.54) is 47.7 Å². The highest BCUT2D eigenvalue weighted by molar-refractivity contribution is 9.10. The number of benzene rings is 1. The molecule has 0 bridgehead atoms. The van der Waals surface area contributed by atoms with E-state index < -0.39 is 0 Å². The van der Waals surface area contributed by atoms with Crippen molar-refractivity contribution in [3.8, 4) is 0 Å². The lowest BCUT2D eigenvalue weighted by atomic mass is 10.1. The second kappa shape index (κ2) is 6.41. The maximum atomic E-state index is 3.63. The number of hydrogen-bond donors (Lipinski definition) is 1. The van der Waals surface area contributed by atoms with Crippen molar-refractivity contribution in [1.29, 1.82) is 0 Å². The zero-order valence-electron chi connectivity index (χ0n) is 12.5. The molecule has 1 aliphatic heterocycles. The van der Waals surface area contributed by atoms with Gasteiger partial charge < -0.3 is 10.2 Å². The summed E-state index contributed by atoms with van der Waals surface area (Å²) < 4.78 is 1.16. The molecule has 1 unspecified atom stereocenters. The van der Waals surface area contributed by atoms with Crippen LogP contribution in [-0.4, -0.2) is 13.1 Å². The first-order chi connectivity index (χ1) is 10.1. The minimum absolute atomic E-state index is 0.331. The number of anilines is 2. The summed E-state index contributed by atoms with van der Waals surface area (Å²) >= 11 is 5.31. The molecule has 2 aromatic rings. The van der Waals surface area contributed by atoms with Gasteiger partial charge in [-0.15, -0.1) is 11.3 Å². The van der Waals surface area contributed by atoms with Gasteiger partial charge in [-0.3, -0.25) is 0 Å². The first-order valence-corrected chi connectivity index (χ1v) is 9.17. The van der Waals surface area contributed by atoms with Crippen LogP contribution in [0.15, 0.2) is 34.1 Å². The van der Waals surface area contributed by atoms with Crippen molar-refractivity contribution in [2.45, 2.75) is 32.7 Å². The van der Waals surface area contributed by atoms with E-state index in [1.54, 1.807) is 11.3 Å². The number of hydrogen-bond acceptors (Lipinski definition) is 3. The normalized spacial score (nSPS) is 16.2. The van der Waals surface area contributed by atoms with E-state index in [4.69, 9.17) is 0 Å². The van der Waals surface area contributed by atoms with Gasteiger partial charge in [0.2, 0.25) is 0 Å². The number of rotatable bonds is 4. The molecule has 0 aliphatic carbocycles. The number of aryl methyl sites for hydroxylation is 1. The van der Waals surface area contributed by atoms with Crippen molar-refractivity contribution in [2.75, 3.05) is 23.3 Å². The minimum atomic E-state index is 0.331. The average molecular weight is 365 g/mol. The lowest BCUT2D eigenvalue weighted by molar-refractivity contribution is 0.904. The maximum Gasteiger partial charge on any atom is 0.0578 e. The Bertz CT molecular complexity index is 617. The molecule has 1 aromatic carbocycles. The summed E-state index contributed by atoms with van der Waals surface area (Å²) in [6.07, 6.45) is 2.65. The molecule has 1 N–H and O–H groups in total. The summed E-state index contributed by atoms with van der Waals surface area (Å²) in [6, 6.07) is 9.30. The van der Waals surface area contributed by atoms with Gasteiger partial charge >= 0.3 is 0 Å². The van der Waals surface area contributed by atoms with Gasteiger partial charge in [-0.2, -0.15) is 0 Å². The number of nitrogens with one attached hydrogen (secondary N) is 1. The quantitative estimate of drug-likeness (QED) is 0.760. The van der Waals surface area contributed by atoms with E-state index in [-0.39, 0.29) is 0 Å². The monoisotopic (exact) mass is 364 g/mol. The van der Waals surface area contributed by atoms with E-state index >= 15 is 0 Å². The van der Waals surface area contributed by atoms with Gasteiger partial charge in [0.25, 0.3) is 0 Å². The molecule has 2 heterocycles. The molecule has 0 amide bonds. The van der Waals surface area contributed by atoms with Crippen LogP contribution in [0, 0.1) is 6.92 Å². The molecule has 0 saturated carbocycles. The van der Waals surface area contributed by atoms with Crippen molar-refractivity contribution in [3.05, 3.63) is 44.6 Å². The van der Waals surface area contributed by atoms with Crippen LogP contribution in [0.25, 0.3) is 0 Å². The first-order valence-electron chi connectivity index (χ1n) is 7.49. The van der Waals surface area contributed by atoms with Gasteiger partial charge in [-0.05, 0) is 72.4 Å². The Balaban J connectivity index is 1.73. The first kappa shape index (κ1) is 14.9. The Labute approximate surface area is 139 Å². The third-order valence-electron chi connectivity index (χ3n) is 4.07. The van der Waals surface area contributed by atoms with Crippen LogP contribution in [-0.2, 0) is 0 Å². The van der Waals surface area contributed by atoms with Gasteiger partial charge in [0.15, 0.2) is 0 Å². The molecule has 1 atom stereocenters. The average Bonchev–Trinajstić information content (AvgIpc) is 3.12. The largest absolute Gasteiger partial charge is 0.377 e. The fourth-order valence-electron chi connectivity index (χ4n) is 2.84. The van der Waals surface area contributed by atoms with Crippen LogP contribution in [0.2, 0.25) is 0 Å². The summed E-state index contributed by atoms with van der Waals surface area (Å²) in [5.41, 5.74) is 3.92. The van der Waals surface area contributed by atoms with Crippen LogP contribution >= 0.6 is 27.3 Å². The maximum absolute atomic E-state index is 3.63. The van der Waals surface area contributed by atoms with Gasteiger partial charge in [-0.1, -0.05) is 0 Å². The molecule has 2 nitrogen and oxygen atoms in total. The Morgan fingerprint density at radius 3 is 2.62 bits per heavy atom. The highest BCUT2D eigenvalue weighted by Crippen LogP contribution is 2.31. The fourth-order valence-corrected chi connectivity index (χ4v) is 4.29. The zero-order valence-corrected chi connectivity index (χ0v) is 14.9. The van der Waals surface area contributed by atoms with E-state index in [9.17, 15) is 0 Å². The van der Waals surface area contributed by atoms with Crippen molar-refractivity contribution in [2.24, 2.45) is 0 Å². The molecule has 21 heavy (non-hydrogen) atoms. The molecule has 3 rings (SSSR count). The van der Waals surface area contributed by atoms with E-state index in [0.29, 0.717) is 6.04 Å². The summed E-state index contributed by atoms with van der Waals surface area (Å²) in [5, 5.41) is 5.76. The van der Waals surface area contributed by atoms with Gasteiger partial charge in [0.05, 0.1) is 6.04 Å². The van der Waals surface area contributed by atoms with Gasteiger partial charge in [-0.25, -0.2) is 0 Å². The van der Waals surface area contributed by atoms with Crippen LogP contribution in [0.5, 0.6) is 0 Å². The third-order valence-corrected chi connectivity index (χ3v) is 5.94. The van der Waals surface area contributed by atoms with Crippen LogP contribution in [0.3, 0.4) is 0 Å². The molecular formula is C17H21BrN2S. The Morgan fingerprint density at radius 2 is 2.00 bits per heavy atom. The van der Waals surface area contributed by atoms with Crippen LogP contribution in [0.4, 0.5) is 11.4 Å². The summed E-state index contributed by atoms with van der Waals surface area (Å²) in [6.45, 7) is 6.81. The summed E-state index contributed by atoms with van der Waals surface area (Å²) in [5.74, 6) is 0.